The lowest BCUT2D eigenvalue weighted by Crippen LogP contribution is -2.10. The van der Waals surface area contributed by atoms with E-state index in [0.717, 1.165) is 13.0 Å². The van der Waals surface area contributed by atoms with Crippen LogP contribution in [-0.4, -0.2) is 14.8 Å². The topological polar surface area (TPSA) is 30.7 Å². The molecule has 1 aliphatic heterocycles. The Balaban J connectivity index is 2.18. The van der Waals surface area contributed by atoms with Crippen LogP contribution in [0.15, 0.2) is 0 Å². The number of hydrogen-bond donors (Lipinski definition) is 0. The van der Waals surface area contributed by atoms with Crippen molar-refractivity contribution in [3.05, 3.63) is 11.6 Å². The Kier molecular flexibility index (Phi) is 3.97. The summed E-state index contributed by atoms with van der Waals surface area (Å²) in [6, 6.07) is 0. The maximum atomic E-state index is 4.36. The van der Waals surface area contributed by atoms with Crippen LogP contribution < -0.4 is 0 Å². The predicted octanol–water partition coefficient (Wildman–Crippen LogP) is 3.30. The van der Waals surface area contributed by atoms with Gasteiger partial charge in [-0.2, -0.15) is 0 Å². The van der Waals surface area contributed by atoms with Gasteiger partial charge in [-0.1, -0.05) is 39.5 Å². The Hall–Kier alpha value is -0.860. The van der Waals surface area contributed by atoms with Gasteiger partial charge in [-0.25, -0.2) is 0 Å². The Bertz CT molecular complexity index is 328. The van der Waals surface area contributed by atoms with Gasteiger partial charge in [0.05, 0.1) is 0 Å². The predicted molar refractivity (Wildman–Crippen MR) is 65.5 cm³/mol. The average molecular weight is 221 g/mol. The Morgan fingerprint density at radius 3 is 2.38 bits per heavy atom. The molecule has 0 amide bonds. The normalized spacial score (nSPS) is 18.4. The molecule has 0 atom stereocenters. The first-order chi connectivity index (χ1) is 7.79. The van der Waals surface area contributed by atoms with Crippen LogP contribution in [0.5, 0.6) is 0 Å². The minimum Gasteiger partial charge on any atom is -0.315 e. The number of hydrogen-bond acceptors (Lipinski definition) is 2. The van der Waals surface area contributed by atoms with Crippen molar-refractivity contribution in [3.63, 3.8) is 0 Å². The van der Waals surface area contributed by atoms with Crippen molar-refractivity contribution in [1.29, 1.82) is 0 Å². The van der Waals surface area contributed by atoms with Crippen LogP contribution in [-0.2, 0) is 13.0 Å². The molecule has 3 heteroatoms. The second-order valence-corrected chi connectivity index (χ2v) is 5.15. The highest BCUT2D eigenvalue weighted by atomic mass is 15.3. The summed E-state index contributed by atoms with van der Waals surface area (Å²) in [5, 5.41) is 8.72. The van der Waals surface area contributed by atoms with E-state index in [1.807, 2.05) is 0 Å². The van der Waals surface area contributed by atoms with Crippen LogP contribution in [0.4, 0.5) is 0 Å². The summed E-state index contributed by atoms with van der Waals surface area (Å²) < 4.78 is 2.37. The second kappa shape index (κ2) is 5.46. The maximum Gasteiger partial charge on any atom is 0.135 e. The molecule has 0 saturated carbocycles. The molecule has 3 nitrogen and oxygen atoms in total. The summed E-state index contributed by atoms with van der Waals surface area (Å²) in [6.07, 6.45) is 9.17. The second-order valence-electron chi connectivity index (χ2n) is 5.15. The van der Waals surface area contributed by atoms with E-state index in [1.54, 1.807) is 0 Å². The van der Waals surface area contributed by atoms with Crippen molar-refractivity contribution in [2.24, 2.45) is 0 Å². The molecule has 0 spiro atoms. The van der Waals surface area contributed by atoms with Crippen LogP contribution in [0, 0.1) is 0 Å². The van der Waals surface area contributed by atoms with E-state index < -0.39 is 0 Å². The molecule has 0 bridgehead atoms. The maximum absolute atomic E-state index is 4.36. The number of nitrogens with zero attached hydrogens (tertiary/aromatic N) is 3. The van der Waals surface area contributed by atoms with E-state index in [4.69, 9.17) is 0 Å². The minimum absolute atomic E-state index is 0.490. The first-order valence-electron chi connectivity index (χ1n) is 6.71. The van der Waals surface area contributed by atoms with Gasteiger partial charge in [-0.05, 0) is 12.8 Å². The first kappa shape index (κ1) is 11.6. The van der Waals surface area contributed by atoms with E-state index in [1.165, 1.54) is 50.2 Å². The molecule has 0 saturated heterocycles. The van der Waals surface area contributed by atoms with Gasteiger partial charge in [-0.3, -0.25) is 0 Å². The van der Waals surface area contributed by atoms with Crippen LogP contribution >= 0.6 is 0 Å². The summed E-state index contributed by atoms with van der Waals surface area (Å²) in [6.45, 7) is 5.53. The lowest BCUT2D eigenvalue weighted by atomic mass is 10.1. The number of fused-ring (bicyclic) bond motifs is 1. The molecule has 1 aromatic rings. The molecule has 90 valence electrons. The average Bonchev–Trinajstić information content (AvgIpc) is 2.67. The Morgan fingerprint density at radius 2 is 1.62 bits per heavy atom. The highest BCUT2D eigenvalue weighted by Crippen LogP contribution is 2.18. The van der Waals surface area contributed by atoms with Gasteiger partial charge in [-0.15, -0.1) is 10.2 Å². The third-order valence-corrected chi connectivity index (χ3v) is 3.40. The van der Waals surface area contributed by atoms with Gasteiger partial charge in [0.1, 0.15) is 11.6 Å². The van der Waals surface area contributed by atoms with Gasteiger partial charge >= 0.3 is 0 Å². The Morgan fingerprint density at radius 1 is 0.938 bits per heavy atom. The molecule has 0 unspecified atom stereocenters. The van der Waals surface area contributed by atoms with E-state index >= 15 is 0 Å². The summed E-state index contributed by atoms with van der Waals surface area (Å²) in [4.78, 5) is 0. The SMILES string of the molecule is CC(C)c1nnc2n1CCCCCCCC2. The molecule has 2 rings (SSSR count). The zero-order valence-corrected chi connectivity index (χ0v) is 10.6. The highest BCUT2D eigenvalue weighted by molar-refractivity contribution is 5.00. The van der Waals surface area contributed by atoms with Crippen LogP contribution in [0.1, 0.15) is 69.9 Å². The number of aryl methyl sites for hydroxylation is 1. The van der Waals surface area contributed by atoms with Gasteiger partial charge < -0.3 is 4.57 Å². The first-order valence-corrected chi connectivity index (χ1v) is 6.71. The molecule has 0 N–H and O–H groups in total. The van der Waals surface area contributed by atoms with Crippen molar-refractivity contribution in [2.75, 3.05) is 0 Å². The molecule has 0 aliphatic carbocycles. The van der Waals surface area contributed by atoms with E-state index in [2.05, 4.69) is 28.6 Å². The van der Waals surface area contributed by atoms with Gasteiger partial charge in [0.2, 0.25) is 0 Å². The van der Waals surface area contributed by atoms with Gasteiger partial charge in [0, 0.05) is 18.9 Å². The highest BCUT2D eigenvalue weighted by Gasteiger charge is 2.14. The summed E-state index contributed by atoms with van der Waals surface area (Å²) in [7, 11) is 0. The fourth-order valence-corrected chi connectivity index (χ4v) is 2.46. The standard InChI is InChI=1S/C13H23N3/c1-11(2)13-15-14-12-9-7-5-3-4-6-8-10-16(12)13/h11H,3-10H2,1-2H3. The molecule has 1 aliphatic rings. The lowest BCUT2D eigenvalue weighted by Gasteiger charge is -2.13. The third kappa shape index (κ3) is 2.63. The van der Waals surface area contributed by atoms with E-state index in [0.29, 0.717) is 5.92 Å². The molecule has 1 aromatic heterocycles. The summed E-state index contributed by atoms with van der Waals surface area (Å²) >= 11 is 0. The van der Waals surface area contributed by atoms with Gasteiger partial charge in [0.25, 0.3) is 0 Å². The fraction of sp³-hybridized carbons (Fsp3) is 0.846. The smallest absolute Gasteiger partial charge is 0.135 e. The van der Waals surface area contributed by atoms with Crippen molar-refractivity contribution in [3.8, 4) is 0 Å². The fourth-order valence-electron chi connectivity index (χ4n) is 2.46. The zero-order valence-electron chi connectivity index (χ0n) is 10.6. The van der Waals surface area contributed by atoms with Crippen LogP contribution in [0.2, 0.25) is 0 Å². The molecular weight excluding hydrogens is 198 g/mol. The van der Waals surface area contributed by atoms with Crippen molar-refractivity contribution in [1.82, 2.24) is 14.8 Å². The third-order valence-electron chi connectivity index (χ3n) is 3.40. The van der Waals surface area contributed by atoms with E-state index in [9.17, 15) is 0 Å². The quantitative estimate of drug-likeness (QED) is 0.728. The molecular formula is C13H23N3. The van der Waals surface area contributed by atoms with Crippen molar-refractivity contribution in [2.45, 2.75) is 71.3 Å². The monoisotopic (exact) mass is 221 g/mol. The number of rotatable bonds is 1. The van der Waals surface area contributed by atoms with Gasteiger partial charge in [0.15, 0.2) is 0 Å². The molecule has 2 heterocycles. The molecule has 0 fully saturated rings. The molecule has 0 aromatic carbocycles. The summed E-state index contributed by atoms with van der Waals surface area (Å²) in [5.74, 6) is 2.88. The summed E-state index contributed by atoms with van der Waals surface area (Å²) in [5.41, 5.74) is 0. The largest absolute Gasteiger partial charge is 0.315 e. The molecule has 0 radical (unpaired) electrons. The zero-order chi connectivity index (χ0) is 11.4. The van der Waals surface area contributed by atoms with Crippen LogP contribution in [0.3, 0.4) is 0 Å². The van der Waals surface area contributed by atoms with Crippen molar-refractivity contribution < 1.29 is 0 Å². The van der Waals surface area contributed by atoms with Crippen LogP contribution in [0.25, 0.3) is 0 Å². The van der Waals surface area contributed by atoms with E-state index in [-0.39, 0.29) is 0 Å². The van der Waals surface area contributed by atoms with Crippen molar-refractivity contribution >= 4 is 0 Å². The Labute approximate surface area is 98.3 Å². The minimum atomic E-state index is 0.490. The number of aromatic nitrogens is 3. The lowest BCUT2D eigenvalue weighted by molar-refractivity contribution is 0.498. The molecule has 16 heavy (non-hydrogen) atoms.